The highest BCUT2D eigenvalue weighted by Gasteiger charge is 2.41. The number of hydrogen-bond acceptors (Lipinski definition) is 7. The summed E-state index contributed by atoms with van der Waals surface area (Å²) >= 11 is 0. The lowest BCUT2D eigenvalue weighted by Gasteiger charge is -2.40. The molecule has 7 heteroatoms. The van der Waals surface area contributed by atoms with Gasteiger partial charge in [0.15, 0.2) is 0 Å². The minimum absolute atomic E-state index is 0.176. The van der Waals surface area contributed by atoms with Crippen molar-refractivity contribution in [1.82, 2.24) is 9.97 Å². The number of nitrogens with zero attached hydrogens (tertiary/aromatic N) is 4. The Balaban J connectivity index is 1.54. The number of morpholine rings is 1. The van der Waals surface area contributed by atoms with Crippen molar-refractivity contribution in [1.29, 1.82) is 0 Å². The van der Waals surface area contributed by atoms with E-state index in [1.165, 1.54) is 0 Å². The zero-order chi connectivity index (χ0) is 15.7. The fraction of sp³-hybridized carbons (Fsp3) is 0.750. The van der Waals surface area contributed by atoms with E-state index in [9.17, 15) is 5.11 Å². The third-order valence-corrected chi connectivity index (χ3v) is 5.16. The van der Waals surface area contributed by atoms with Gasteiger partial charge in [-0.15, -0.1) is 0 Å². The number of anilines is 2. The van der Waals surface area contributed by atoms with E-state index >= 15 is 0 Å². The molecule has 3 aliphatic rings. The Kier molecular flexibility index (Phi) is 4.09. The molecular formula is C16H24N4O3. The van der Waals surface area contributed by atoms with Crippen molar-refractivity contribution in [2.75, 3.05) is 55.9 Å². The standard InChI is InChI=1S/C16H24N4O3/c21-9-13-2-1-4-20(13)15-8-14(17-12-18-15)19-5-7-23-16(10-19)3-6-22-11-16/h8,12-13,21H,1-7,9-11H2. The second kappa shape index (κ2) is 6.22. The molecule has 4 rings (SSSR count). The molecule has 1 aromatic heterocycles. The molecule has 0 radical (unpaired) electrons. The molecule has 126 valence electrons. The quantitative estimate of drug-likeness (QED) is 0.866. The Bertz CT molecular complexity index is 550. The fourth-order valence-electron chi connectivity index (χ4n) is 3.86. The van der Waals surface area contributed by atoms with Crippen LogP contribution < -0.4 is 9.80 Å². The van der Waals surface area contributed by atoms with Gasteiger partial charge in [0.05, 0.1) is 32.4 Å². The summed E-state index contributed by atoms with van der Waals surface area (Å²) in [7, 11) is 0. The van der Waals surface area contributed by atoms with Gasteiger partial charge in [-0.05, 0) is 12.8 Å². The Hall–Kier alpha value is -1.44. The summed E-state index contributed by atoms with van der Waals surface area (Å²) in [5, 5.41) is 9.53. The summed E-state index contributed by atoms with van der Waals surface area (Å²) in [5.41, 5.74) is -0.176. The van der Waals surface area contributed by atoms with Crippen molar-refractivity contribution in [2.24, 2.45) is 0 Å². The van der Waals surface area contributed by atoms with Crippen LogP contribution in [0.4, 0.5) is 11.6 Å². The molecule has 0 saturated carbocycles. The maximum Gasteiger partial charge on any atom is 0.134 e. The molecule has 3 fully saturated rings. The molecule has 1 N–H and O–H groups in total. The normalized spacial score (nSPS) is 31.3. The van der Waals surface area contributed by atoms with Crippen molar-refractivity contribution in [3.05, 3.63) is 12.4 Å². The van der Waals surface area contributed by atoms with Crippen LogP contribution in [-0.2, 0) is 9.47 Å². The summed E-state index contributed by atoms with van der Waals surface area (Å²) in [5.74, 6) is 1.85. The van der Waals surface area contributed by atoms with Gasteiger partial charge in [0, 0.05) is 32.2 Å². The van der Waals surface area contributed by atoms with Crippen LogP contribution in [0, 0.1) is 0 Å². The fourth-order valence-corrected chi connectivity index (χ4v) is 3.86. The first-order valence-electron chi connectivity index (χ1n) is 8.46. The number of hydrogen-bond donors (Lipinski definition) is 1. The number of aliphatic hydroxyl groups is 1. The number of ether oxygens (including phenoxy) is 2. The summed E-state index contributed by atoms with van der Waals surface area (Å²) < 4.78 is 11.5. The van der Waals surface area contributed by atoms with Crippen LogP contribution >= 0.6 is 0 Å². The van der Waals surface area contributed by atoms with Crippen LogP contribution in [0.15, 0.2) is 12.4 Å². The largest absolute Gasteiger partial charge is 0.394 e. The highest BCUT2D eigenvalue weighted by molar-refractivity contribution is 5.52. The maximum absolute atomic E-state index is 9.53. The minimum Gasteiger partial charge on any atom is -0.394 e. The van der Waals surface area contributed by atoms with Crippen LogP contribution in [0.2, 0.25) is 0 Å². The lowest BCUT2D eigenvalue weighted by molar-refractivity contribution is -0.0581. The molecule has 2 atom stereocenters. The predicted molar refractivity (Wildman–Crippen MR) is 85.8 cm³/mol. The number of aliphatic hydroxyl groups excluding tert-OH is 1. The van der Waals surface area contributed by atoms with Crippen molar-refractivity contribution in [3.8, 4) is 0 Å². The lowest BCUT2D eigenvalue weighted by atomic mass is 10.0. The highest BCUT2D eigenvalue weighted by Crippen LogP contribution is 2.31. The molecule has 3 saturated heterocycles. The van der Waals surface area contributed by atoms with E-state index in [2.05, 4.69) is 19.8 Å². The van der Waals surface area contributed by atoms with E-state index in [4.69, 9.17) is 9.47 Å². The monoisotopic (exact) mass is 320 g/mol. The van der Waals surface area contributed by atoms with E-state index in [1.807, 2.05) is 6.07 Å². The lowest BCUT2D eigenvalue weighted by Crippen LogP contribution is -2.52. The van der Waals surface area contributed by atoms with Crippen LogP contribution in [0.5, 0.6) is 0 Å². The van der Waals surface area contributed by atoms with Crippen molar-refractivity contribution < 1.29 is 14.6 Å². The average Bonchev–Trinajstić information content (AvgIpc) is 3.24. The Morgan fingerprint density at radius 3 is 3.00 bits per heavy atom. The Morgan fingerprint density at radius 2 is 2.17 bits per heavy atom. The zero-order valence-electron chi connectivity index (χ0n) is 13.4. The average molecular weight is 320 g/mol. The summed E-state index contributed by atoms with van der Waals surface area (Å²) in [6.45, 7) is 4.91. The van der Waals surface area contributed by atoms with Crippen LogP contribution in [-0.4, -0.2) is 72.8 Å². The van der Waals surface area contributed by atoms with Crippen LogP contribution in [0.25, 0.3) is 0 Å². The molecule has 0 aromatic carbocycles. The molecule has 23 heavy (non-hydrogen) atoms. The molecule has 0 bridgehead atoms. The van der Waals surface area contributed by atoms with E-state index in [0.29, 0.717) is 13.2 Å². The molecule has 0 aliphatic carbocycles. The first kappa shape index (κ1) is 15.1. The predicted octanol–water partition coefficient (Wildman–Crippen LogP) is 0.433. The van der Waals surface area contributed by atoms with Crippen molar-refractivity contribution in [3.63, 3.8) is 0 Å². The molecule has 1 spiro atoms. The van der Waals surface area contributed by atoms with E-state index in [0.717, 1.165) is 57.1 Å². The van der Waals surface area contributed by atoms with Gasteiger partial charge in [0.25, 0.3) is 0 Å². The highest BCUT2D eigenvalue weighted by atomic mass is 16.6. The number of aromatic nitrogens is 2. The SMILES string of the molecule is OCC1CCCN1c1cc(N2CCOC3(CCOC3)C2)ncn1. The maximum atomic E-state index is 9.53. The van der Waals surface area contributed by atoms with Crippen LogP contribution in [0.1, 0.15) is 19.3 Å². The van der Waals surface area contributed by atoms with Gasteiger partial charge in [-0.2, -0.15) is 0 Å². The summed E-state index contributed by atoms with van der Waals surface area (Å²) in [6.07, 6.45) is 4.70. The third kappa shape index (κ3) is 2.88. The second-order valence-corrected chi connectivity index (χ2v) is 6.66. The molecule has 4 heterocycles. The molecule has 3 aliphatic heterocycles. The van der Waals surface area contributed by atoms with E-state index < -0.39 is 0 Å². The summed E-state index contributed by atoms with van der Waals surface area (Å²) in [6, 6.07) is 2.22. The van der Waals surface area contributed by atoms with Crippen molar-refractivity contribution in [2.45, 2.75) is 30.9 Å². The zero-order valence-corrected chi connectivity index (χ0v) is 13.4. The molecule has 1 aromatic rings. The van der Waals surface area contributed by atoms with E-state index in [-0.39, 0.29) is 18.2 Å². The van der Waals surface area contributed by atoms with Crippen LogP contribution in [0.3, 0.4) is 0 Å². The molecule has 2 unspecified atom stereocenters. The van der Waals surface area contributed by atoms with Gasteiger partial charge in [-0.1, -0.05) is 0 Å². The van der Waals surface area contributed by atoms with Gasteiger partial charge < -0.3 is 24.4 Å². The second-order valence-electron chi connectivity index (χ2n) is 6.66. The topological polar surface area (TPSA) is 71.0 Å². The Labute approximate surface area is 136 Å². The van der Waals surface area contributed by atoms with Gasteiger partial charge >= 0.3 is 0 Å². The minimum atomic E-state index is -0.176. The number of rotatable bonds is 3. The third-order valence-electron chi connectivity index (χ3n) is 5.16. The molecule has 7 nitrogen and oxygen atoms in total. The van der Waals surface area contributed by atoms with E-state index in [1.54, 1.807) is 6.33 Å². The Morgan fingerprint density at radius 1 is 1.26 bits per heavy atom. The smallest absolute Gasteiger partial charge is 0.134 e. The first-order valence-corrected chi connectivity index (χ1v) is 8.46. The molecule has 0 amide bonds. The summed E-state index contributed by atoms with van der Waals surface area (Å²) in [4.78, 5) is 13.4. The van der Waals surface area contributed by atoms with Crippen molar-refractivity contribution >= 4 is 11.6 Å². The van der Waals surface area contributed by atoms with Gasteiger partial charge in [-0.3, -0.25) is 0 Å². The first-order chi connectivity index (χ1) is 11.3. The van der Waals surface area contributed by atoms with Gasteiger partial charge in [-0.25, -0.2) is 9.97 Å². The molecular weight excluding hydrogens is 296 g/mol. The van der Waals surface area contributed by atoms with Gasteiger partial charge in [0.1, 0.15) is 23.6 Å². The van der Waals surface area contributed by atoms with Gasteiger partial charge in [0.2, 0.25) is 0 Å².